The van der Waals surface area contributed by atoms with E-state index in [1.807, 2.05) is 61.7 Å². The number of carbonyl (C=O) groups excluding carboxylic acids is 2. The summed E-state index contributed by atoms with van der Waals surface area (Å²) in [6, 6.07) is 17.5. The van der Waals surface area contributed by atoms with E-state index in [1.165, 1.54) is 0 Å². The first-order valence-electron chi connectivity index (χ1n) is 10.4. The normalized spacial score (nSPS) is 13.0. The first-order valence-corrected chi connectivity index (χ1v) is 10.4. The second kappa shape index (κ2) is 10.6. The molecule has 3 aromatic rings. The third kappa shape index (κ3) is 5.48. The molecule has 2 atom stereocenters. The Balaban J connectivity index is 1.64. The Kier molecular flexibility index (Phi) is 7.63. The zero-order valence-electron chi connectivity index (χ0n) is 17.6. The fourth-order valence-corrected chi connectivity index (χ4v) is 3.67. The summed E-state index contributed by atoms with van der Waals surface area (Å²) in [5, 5.41) is 10.1. The largest absolute Gasteiger partial charge is 0.361 e. The predicted octanol–water partition coefficient (Wildman–Crippen LogP) is 2.41. The van der Waals surface area contributed by atoms with Gasteiger partial charge in [-0.25, -0.2) is 0 Å². The highest BCUT2D eigenvalue weighted by Crippen LogP contribution is 2.19. The summed E-state index contributed by atoms with van der Waals surface area (Å²) in [5.41, 5.74) is 3.22. The number of nitrogens with one attached hydrogen (secondary N) is 4. The highest BCUT2D eigenvalue weighted by molar-refractivity contribution is 5.86. The molecule has 2 amide bonds. The van der Waals surface area contributed by atoms with Crippen LogP contribution < -0.4 is 16.0 Å². The third-order valence-electron chi connectivity index (χ3n) is 5.33. The molecular formula is C24H30N4O2. The smallest absolute Gasteiger partial charge is 0.237 e. The first-order chi connectivity index (χ1) is 14.6. The second-order valence-electron chi connectivity index (χ2n) is 7.43. The lowest BCUT2D eigenvalue weighted by molar-refractivity contribution is -0.126. The van der Waals surface area contributed by atoms with Gasteiger partial charge < -0.3 is 20.9 Å². The van der Waals surface area contributed by atoms with Crippen LogP contribution in [-0.2, 0) is 22.4 Å². The SMILES string of the molecule is CCNC(=O)C(CNC(=O)C(Cc1c[nH]c2ccccc12)NC)Cc1ccccc1. The molecule has 6 nitrogen and oxygen atoms in total. The zero-order valence-corrected chi connectivity index (χ0v) is 17.6. The molecule has 158 valence electrons. The number of fused-ring (bicyclic) bond motifs is 1. The minimum atomic E-state index is -0.379. The van der Waals surface area contributed by atoms with Crippen LogP contribution in [0.1, 0.15) is 18.1 Å². The number of hydrogen-bond acceptors (Lipinski definition) is 3. The van der Waals surface area contributed by atoms with Gasteiger partial charge in [0.1, 0.15) is 0 Å². The molecule has 1 aromatic heterocycles. The summed E-state index contributed by atoms with van der Waals surface area (Å²) in [6.45, 7) is 2.76. The van der Waals surface area contributed by atoms with Crippen LogP contribution in [0.25, 0.3) is 10.9 Å². The fourth-order valence-electron chi connectivity index (χ4n) is 3.67. The minimum absolute atomic E-state index is 0.0423. The van der Waals surface area contributed by atoms with Gasteiger partial charge in [0.15, 0.2) is 0 Å². The maximum atomic E-state index is 12.9. The van der Waals surface area contributed by atoms with Crippen molar-refractivity contribution in [2.24, 2.45) is 5.92 Å². The van der Waals surface area contributed by atoms with Gasteiger partial charge in [0.25, 0.3) is 0 Å². The van der Waals surface area contributed by atoms with Crippen molar-refractivity contribution in [1.29, 1.82) is 0 Å². The lowest BCUT2D eigenvalue weighted by atomic mass is 9.98. The van der Waals surface area contributed by atoms with Gasteiger partial charge in [-0.2, -0.15) is 0 Å². The van der Waals surface area contributed by atoms with Crippen molar-refractivity contribution in [3.8, 4) is 0 Å². The Morgan fingerprint density at radius 2 is 1.67 bits per heavy atom. The van der Waals surface area contributed by atoms with Crippen LogP contribution >= 0.6 is 0 Å². The molecule has 30 heavy (non-hydrogen) atoms. The summed E-state index contributed by atoms with van der Waals surface area (Å²) < 4.78 is 0. The highest BCUT2D eigenvalue weighted by atomic mass is 16.2. The quantitative estimate of drug-likeness (QED) is 0.417. The van der Waals surface area contributed by atoms with Gasteiger partial charge in [0.05, 0.1) is 12.0 Å². The van der Waals surface area contributed by atoms with Gasteiger partial charge in [-0.15, -0.1) is 0 Å². The molecule has 0 fully saturated rings. The predicted molar refractivity (Wildman–Crippen MR) is 120 cm³/mol. The van der Waals surface area contributed by atoms with E-state index in [-0.39, 0.29) is 23.8 Å². The minimum Gasteiger partial charge on any atom is -0.361 e. The van der Waals surface area contributed by atoms with Crippen molar-refractivity contribution in [1.82, 2.24) is 20.9 Å². The van der Waals surface area contributed by atoms with Gasteiger partial charge in [0.2, 0.25) is 11.8 Å². The summed E-state index contributed by atoms with van der Waals surface area (Å²) in [6.07, 6.45) is 3.10. The number of aromatic amines is 1. The summed E-state index contributed by atoms with van der Waals surface area (Å²) >= 11 is 0. The number of amides is 2. The molecule has 2 aromatic carbocycles. The van der Waals surface area contributed by atoms with E-state index >= 15 is 0 Å². The topological polar surface area (TPSA) is 86.0 Å². The molecule has 0 spiro atoms. The summed E-state index contributed by atoms with van der Waals surface area (Å²) in [7, 11) is 1.78. The average molecular weight is 407 g/mol. The van der Waals surface area contributed by atoms with Crippen LogP contribution in [0.5, 0.6) is 0 Å². The van der Waals surface area contributed by atoms with Crippen molar-refractivity contribution in [2.75, 3.05) is 20.1 Å². The zero-order chi connectivity index (χ0) is 21.3. The van der Waals surface area contributed by atoms with Crippen LogP contribution in [0.2, 0.25) is 0 Å². The third-order valence-corrected chi connectivity index (χ3v) is 5.33. The Hall–Kier alpha value is -3.12. The van der Waals surface area contributed by atoms with E-state index < -0.39 is 0 Å². The van der Waals surface area contributed by atoms with E-state index in [4.69, 9.17) is 0 Å². The monoisotopic (exact) mass is 406 g/mol. The standard InChI is InChI=1S/C24H30N4O2/c1-3-26-23(29)19(13-17-9-5-4-6-10-17)16-28-24(30)22(25-2)14-18-15-27-21-12-8-7-11-20(18)21/h4-12,15,19,22,25,27H,3,13-14,16H2,1-2H3,(H,26,29)(H,28,30). The number of H-pyrrole nitrogens is 1. The van der Waals surface area contributed by atoms with E-state index in [9.17, 15) is 9.59 Å². The lowest BCUT2D eigenvalue weighted by Crippen LogP contribution is -2.47. The molecule has 0 bridgehead atoms. The maximum absolute atomic E-state index is 12.9. The van der Waals surface area contributed by atoms with Crippen LogP contribution in [0.3, 0.4) is 0 Å². The van der Waals surface area contributed by atoms with Gasteiger partial charge >= 0.3 is 0 Å². The molecule has 0 saturated carbocycles. The first kappa shape index (κ1) is 21.6. The molecule has 3 rings (SSSR count). The molecule has 0 saturated heterocycles. The Morgan fingerprint density at radius 1 is 0.933 bits per heavy atom. The highest BCUT2D eigenvalue weighted by Gasteiger charge is 2.23. The Morgan fingerprint density at radius 3 is 2.40 bits per heavy atom. The second-order valence-corrected chi connectivity index (χ2v) is 7.43. The molecule has 0 aliphatic carbocycles. The van der Waals surface area contributed by atoms with E-state index in [2.05, 4.69) is 27.0 Å². The number of hydrogen-bond donors (Lipinski definition) is 4. The van der Waals surface area contributed by atoms with Gasteiger partial charge in [-0.05, 0) is 44.0 Å². The van der Waals surface area contributed by atoms with E-state index in [0.29, 0.717) is 25.9 Å². The Labute approximate surface area is 177 Å². The molecule has 1 heterocycles. The van der Waals surface area contributed by atoms with Crippen molar-refractivity contribution >= 4 is 22.7 Å². The van der Waals surface area contributed by atoms with Crippen molar-refractivity contribution in [2.45, 2.75) is 25.8 Å². The molecule has 0 aliphatic rings. The summed E-state index contributed by atoms with van der Waals surface area (Å²) in [5.74, 6) is -0.466. The molecule has 6 heteroatoms. The average Bonchev–Trinajstić information content (AvgIpc) is 3.18. The van der Waals surface area contributed by atoms with Crippen molar-refractivity contribution in [3.63, 3.8) is 0 Å². The maximum Gasteiger partial charge on any atom is 0.237 e. The molecule has 2 unspecified atom stereocenters. The number of benzene rings is 2. The van der Waals surface area contributed by atoms with Crippen molar-refractivity contribution in [3.05, 3.63) is 71.9 Å². The lowest BCUT2D eigenvalue weighted by Gasteiger charge is -2.20. The van der Waals surface area contributed by atoms with Gasteiger partial charge in [0, 0.05) is 30.2 Å². The molecule has 4 N–H and O–H groups in total. The van der Waals surface area contributed by atoms with Crippen LogP contribution in [0, 0.1) is 5.92 Å². The number of rotatable bonds is 10. The number of para-hydroxylation sites is 1. The van der Waals surface area contributed by atoms with Crippen LogP contribution in [0.15, 0.2) is 60.8 Å². The number of aromatic nitrogens is 1. The molecule has 0 aliphatic heterocycles. The molecule has 0 radical (unpaired) electrons. The van der Waals surface area contributed by atoms with Crippen LogP contribution in [0.4, 0.5) is 0 Å². The number of likely N-dealkylation sites (N-methyl/N-ethyl adjacent to an activating group) is 1. The van der Waals surface area contributed by atoms with Gasteiger partial charge in [-0.1, -0.05) is 48.5 Å². The summed E-state index contributed by atoms with van der Waals surface area (Å²) in [4.78, 5) is 28.6. The van der Waals surface area contributed by atoms with Gasteiger partial charge in [-0.3, -0.25) is 9.59 Å². The Bertz CT molecular complexity index is 968. The van der Waals surface area contributed by atoms with Crippen molar-refractivity contribution < 1.29 is 9.59 Å². The number of carbonyl (C=O) groups is 2. The molecular weight excluding hydrogens is 376 g/mol. The van der Waals surface area contributed by atoms with Crippen LogP contribution in [-0.4, -0.2) is 43.0 Å². The van der Waals surface area contributed by atoms with E-state index in [0.717, 1.165) is 22.0 Å². The van der Waals surface area contributed by atoms with E-state index in [1.54, 1.807) is 7.05 Å². The fraction of sp³-hybridized carbons (Fsp3) is 0.333.